The first kappa shape index (κ1) is 15.0. The number of hydrogen-bond acceptors (Lipinski definition) is 3. The summed E-state index contributed by atoms with van der Waals surface area (Å²) in [5.41, 5.74) is 5.89. The summed E-state index contributed by atoms with van der Waals surface area (Å²) in [6.45, 7) is 0. The summed E-state index contributed by atoms with van der Waals surface area (Å²) in [5.74, 6) is 7.29. The maximum absolute atomic E-state index is 5.94. The van der Waals surface area contributed by atoms with Crippen LogP contribution in [0, 0.1) is 5.92 Å². The average molecular weight is 287 g/mol. The summed E-state index contributed by atoms with van der Waals surface area (Å²) in [5, 5.41) is 0. The van der Waals surface area contributed by atoms with Gasteiger partial charge in [-0.15, -0.1) is 0 Å². The number of fused-ring (bicyclic) bond motifs is 1. The van der Waals surface area contributed by atoms with E-state index in [0.717, 1.165) is 5.92 Å². The van der Waals surface area contributed by atoms with Crippen molar-refractivity contribution in [1.82, 2.24) is 10.4 Å². The molecule has 3 nitrogen and oxygen atoms in total. The highest BCUT2D eigenvalue weighted by Crippen LogP contribution is 2.36. The summed E-state index contributed by atoms with van der Waals surface area (Å²) < 4.78 is 0. The number of aromatic nitrogens is 1. The highest BCUT2D eigenvalue weighted by atomic mass is 15.2. The van der Waals surface area contributed by atoms with Crippen molar-refractivity contribution in [1.29, 1.82) is 0 Å². The van der Waals surface area contributed by atoms with E-state index in [1.54, 1.807) is 0 Å². The Bertz CT molecular complexity index is 438. The monoisotopic (exact) mass is 287 g/mol. The predicted octanol–water partition coefficient (Wildman–Crippen LogP) is 3.69. The van der Waals surface area contributed by atoms with Crippen LogP contribution in [0.2, 0.25) is 0 Å². The first-order valence-corrected chi connectivity index (χ1v) is 8.78. The van der Waals surface area contributed by atoms with Crippen molar-refractivity contribution >= 4 is 0 Å². The van der Waals surface area contributed by atoms with E-state index in [1.165, 1.54) is 75.5 Å². The quantitative estimate of drug-likeness (QED) is 0.504. The van der Waals surface area contributed by atoms with Crippen molar-refractivity contribution < 1.29 is 0 Å². The Morgan fingerprint density at radius 1 is 1.14 bits per heavy atom. The largest absolute Gasteiger partial charge is 0.271 e. The molecule has 0 amide bonds. The Morgan fingerprint density at radius 3 is 2.71 bits per heavy atom. The first-order chi connectivity index (χ1) is 10.4. The van der Waals surface area contributed by atoms with Gasteiger partial charge in [0, 0.05) is 23.9 Å². The number of hydrogen-bond donors (Lipinski definition) is 2. The van der Waals surface area contributed by atoms with Gasteiger partial charge in [-0.05, 0) is 43.2 Å². The van der Waals surface area contributed by atoms with Crippen LogP contribution in [0.15, 0.2) is 18.3 Å². The van der Waals surface area contributed by atoms with Crippen LogP contribution in [-0.2, 0) is 6.42 Å². The van der Waals surface area contributed by atoms with Gasteiger partial charge in [-0.1, -0.05) is 44.6 Å². The van der Waals surface area contributed by atoms with E-state index < -0.39 is 0 Å². The molecular weight excluding hydrogens is 258 g/mol. The van der Waals surface area contributed by atoms with E-state index in [2.05, 4.69) is 22.5 Å². The smallest absolute Gasteiger partial charge is 0.0482 e. The Morgan fingerprint density at radius 2 is 1.95 bits per heavy atom. The van der Waals surface area contributed by atoms with Crippen LogP contribution >= 0.6 is 0 Å². The van der Waals surface area contributed by atoms with Crippen LogP contribution in [-0.4, -0.2) is 11.0 Å². The Kier molecular flexibility index (Phi) is 5.26. The lowest BCUT2D eigenvalue weighted by molar-refractivity contribution is 0.300. The van der Waals surface area contributed by atoms with Gasteiger partial charge in [0.15, 0.2) is 0 Å². The van der Waals surface area contributed by atoms with E-state index in [4.69, 9.17) is 5.84 Å². The SMILES string of the molecule is NNC(CC1CCCCCC1)C1CCCc2cccnc21. The molecule has 116 valence electrons. The Labute approximate surface area is 128 Å². The van der Waals surface area contributed by atoms with Gasteiger partial charge in [-0.25, -0.2) is 0 Å². The second-order valence-electron chi connectivity index (χ2n) is 6.91. The minimum Gasteiger partial charge on any atom is -0.271 e. The van der Waals surface area contributed by atoms with Crippen LogP contribution < -0.4 is 11.3 Å². The third-order valence-electron chi connectivity index (χ3n) is 5.50. The van der Waals surface area contributed by atoms with E-state index in [0.29, 0.717) is 12.0 Å². The van der Waals surface area contributed by atoms with Gasteiger partial charge in [-0.2, -0.15) is 0 Å². The molecule has 2 aliphatic rings. The molecular formula is C18H29N3. The molecule has 1 aromatic rings. The summed E-state index contributed by atoms with van der Waals surface area (Å²) in [7, 11) is 0. The summed E-state index contributed by atoms with van der Waals surface area (Å²) in [6, 6.07) is 4.70. The second-order valence-corrected chi connectivity index (χ2v) is 6.91. The fourth-order valence-corrected chi connectivity index (χ4v) is 4.34. The van der Waals surface area contributed by atoms with Gasteiger partial charge in [0.25, 0.3) is 0 Å². The van der Waals surface area contributed by atoms with Gasteiger partial charge in [0.05, 0.1) is 0 Å². The molecule has 0 aromatic carbocycles. The maximum atomic E-state index is 5.94. The van der Waals surface area contributed by atoms with Crippen LogP contribution in [0.3, 0.4) is 0 Å². The Balaban J connectivity index is 1.71. The molecule has 1 heterocycles. The minimum absolute atomic E-state index is 0.391. The van der Waals surface area contributed by atoms with Gasteiger partial charge in [-0.3, -0.25) is 16.3 Å². The third kappa shape index (κ3) is 3.64. The van der Waals surface area contributed by atoms with E-state index in [-0.39, 0.29) is 0 Å². The van der Waals surface area contributed by atoms with Crippen LogP contribution in [0.5, 0.6) is 0 Å². The molecule has 1 saturated carbocycles. The van der Waals surface area contributed by atoms with E-state index >= 15 is 0 Å². The molecule has 1 aromatic heterocycles. The molecule has 3 N–H and O–H groups in total. The number of aryl methyl sites for hydroxylation is 1. The van der Waals surface area contributed by atoms with Crippen molar-refractivity contribution in [3.05, 3.63) is 29.6 Å². The van der Waals surface area contributed by atoms with Gasteiger partial charge < -0.3 is 0 Å². The van der Waals surface area contributed by atoms with Crippen LogP contribution in [0.4, 0.5) is 0 Å². The number of nitrogens with one attached hydrogen (secondary N) is 1. The molecule has 0 radical (unpaired) electrons. The molecule has 2 aliphatic carbocycles. The lowest BCUT2D eigenvalue weighted by atomic mass is 9.78. The fourth-order valence-electron chi connectivity index (χ4n) is 4.34. The van der Waals surface area contributed by atoms with Gasteiger partial charge in [0.1, 0.15) is 0 Å². The summed E-state index contributed by atoms with van der Waals surface area (Å²) >= 11 is 0. The van der Waals surface area contributed by atoms with Crippen molar-refractivity contribution in [2.45, 2.75) is 76.2 Å². The zero-order valence-corrected chi connectivity index (χ0v) is 13.1. The minimum atomic E-state index is 0.391. The maximum Gasteiger partial charge on any atom is 0.0482 e. The lowest BCUT2D eigenvalue weighted by Gasteiger charge is -2.33. The predicted molar refractivity (Wildman–Crippen MR) is 86.8 cm³/mol. The van der Waals surface area contributed by atoms with Crippen molar-refractivity contribution in [3.63, 3.8) is 0 Å². The number of nitrogens with two attached hydrogens (primary N) is 1. The molecule has 2 unspecified atom stereocenters. The van der Waals surface area contributed by atoms with Gasteiger partial charge >= 0.3 is 0 Å². The van der Waals surface area contributed by atoms with Gasteiger partial charge in [0.2, 0.25) is 0 Å². The molecule has 21 heavy (non-hydrogen) atoms. The Hall–Kier alpha value is -0.930. The van der Waals surface area contributed by atoms with Crippen LogP contribution in [0.1, 0.15) is 75.0 Å². The van der Waals surface area contributed by atoms with E-state index in [1.807, 2.05) is 6.20 Å². The molecule has 2 atom stereocenters. The highest BCUT2D eigenvalue weighted by molar-refractivity contribution is 5.27. The average Bonchev–Trinajstić information content (AvgIpc) is 2.81. The fraction of sp³-hybridized carbons (Fsp3) is 0.722. The number of rotatable bonds is 4. The second kappa shape index (κ2) is 7.37. The molecule has 3 rings (SSSR count). The standard InChI is InChI=1S/C18H29N3/c19-21-17(13-14-7-3-1-2-4-8-14)16-11-5-9-15-10-6-12-20-18(15)16/h6,10,12,14,16-17,21H,1-5,7-9,11,13,19H2. The molecule has 0 saturated heterocycles. The normalized spacial score (nSPS) is 25.1. The molecule has 0 aliphatic heterocycles. The highest BCUT2D eigenvalue weighted by Gasteiger charge is 2.30. The topological polar surface area (TPSA) is 50.9 Å². The molecule has 0 bridgehead atoms. The lowest BCUT2D eigenvalue weighted by Crippen LogP contribution is -2.42. The number of nitrogens with zero attached hydrogens (tertiary/aromatic N) is 1. The zero-order chi connectivity index (χ0) is 14.5. The number of hydrazine groups is 1. The number of pyridine rings is 1. The first-order valence-electron chi connectivity index (χ1n) is 8.78. The van der Waals surface area contributed by atoms with Crippen molar-refractivity contribution in [2.24, 2.45) is 11.8 Å². The van der Waals surface area contributed by atoms with Crippen LogP contribution in [0.25, 0.3) is 0 Å². The van der Waals surface area contributed by atoms with E-state index in [9.17, 15) is 0 Å². The molecule has 0 spiro atoms. The third-order valence-corrected chi connectivity index (χ3v) is 5.50. The molecule has 3 heteroatoms. The summed E-state index contributed by atoms with van der Waals surface area (Å²) in [6.07, 6.45) is 15.3. The zero-order valence-electron chi connectivity index (χ0n) is 13.1. The molecule has 1 fully saturated rings. The summed E-state index contributed by atoms with van der Waals surface area (Å²) in [4.78, 5) is 4.69. The van der Waals surface area contributed by atoms with Crippen molar-refractivity contribution in [3.8, 4) is 0 Å². The van der Waals surface area contributed by atoms with Crippen molar-refractivity contribution in [2.75, 3.05) is 0 Å².